The van der Waals surface area contributed by atoms with Crippen LogP contribution in [0.5, 0.6) is 0 Å². The fourth-order valence-electron chi connectivity index (χ4n) is 1.75. The van der Waals surface area contributed by atoms with Gasteiger partial charge in [0.05, 0.1) is 12.7 Å². The number of pyridine rings is 1. The number of aromatic amines is 1. The van der Waals surface area contributed by atoms with Gasteiger partial charge in [-0.2, -0.15) is 0 Å². The van der Waals surface area contributed by atoms with Crippen LogP contribution in [-0.4, -0.2) is 37.1 Å². The van der Waals surface area contributed by atoms with E-state index < -0.39 is 5.97 Å². The minimum absolute atomic E-state index is 0.0888. The quantitative estimate of drug-likeness (QED) is 0.687. The third-order valence-corrected chi connectivity index (χ3v) is 2.98. The monoisotopic (exact) mass is 278 g/mol. The Labute approximate surface area is 116 Å². The first kappa shape index (κ1) is 14.1. The second kappa shape index (κ2) is 5.36. The third-order valence-electron chi connectivity index (χ3n) is 2.98. The summed E-state index contributed by atoms with van der Waals surface area (Å²) in [5.74, 6) is 0.0146. The van der Waals surface area contributed by atoms with Gasteiger partial charge in [-0.3, -0.25) is 9.79 Å². The molecule has 2 heterocycles. The largest absolute Gasteiger partial charge is 0.465 e. The van der Waals surface area contributed by atoms with Crippen molar-refractivity contribution in [2.24, 2.45) is 10.4 Å². The number of hydrogen-bond donors (Lipinski definition) is 3. The Morgan fingerprint density at radius 2 is 2.25 bits per heavy atom. The second-order valence-corrected chi connectivity index (χ2v) is 5.43. The van der Waals surface area contributed by atoms with Crippen molar-refractivity contribution in [2.75, 3.05) is 25.5 Å². The van der Waals surface area contributed by atoms with Crippen LogP contribution in [-0.2, 0) is 4.74 Å². The minimum atomic E-state index is -0.510. The molecule has 0 amide bonds. The zero-order valence-corrected chi connectivity index (χ0v) is 11.7. The number of rotatable bonds is 2. The molecular weight excluding hydrogens is 260 g/mol. The van der Waals surface area contributed by atoms with Crippen molar-refractivity contribution in [2.45, 2.75) is 13.8 Å². The van der Waals surface area contributed by atoms with Gasteiger partial charge in [-0.15, -0.1) is 0 Å². The summed E-state index contributed by atoms with van der Waals surface area (Å²) in [5, 5.41) is 6.01. The average Bonchev–Trinajstić information content (AvgIpc) is 2.42. The normalized spacial score (nSPS) is 16.9. The van der Waals surface area contributed by atoms with Gasteiger partial charge >= 0.3 is 5.97 Å². The molecule has 1 aliphatic rings. The number of carbonyl (C=O) groups is 1. The van der Waals surface area contributed by atoms with Crippen LogP contribution in [0.15, 0.2) is 22.1 Å². The topological polar surface area (TPSA) is 95.6 Å². The smallest absolute Gasteiger partial charge is 0.339 e. The molecule has 0 aromatic carbocycles. The number of carbonyl (C=O) groups excluding carboxylic acids is 1. The lowest BCUT2D eigenvalue weighted by Gasteiger charge is -2.29. The van der Waals surface area contributed by atoms with Crippen molar-refractivity contribution in [3.05, 3.63) is 28.2 Å². The highest BCUT2D eigenvalue weighted by atomic mass is 16.5. The maximum Gasteiger partial charge on any atom is 0.339 e. The number of aromatic nitrogens is 1. The lowest BCUT2D eigenvalue weighted by atomic mass is 9.93. The van der Waals surface area contributed by atoms with Gasteiger partial charge in [-0.25, -0.2) is 4.79 Å². The zero-order chi connectivity index (χ0) is 14.8. The van der Waals surface area contributed by atoms with Gasteiger partial charge in [-0.05, 0) is 6.07 Å². The number of guanidine groups is 1. The lowest BCUT2D eigenvalue weighted by molar-refractivity contribution is 0.0600. The number of hydrogen-bond acceptors (Lipinski definition) is 6. The van der Waals surface area contributed by atoms with Gasteiger partial charge in [0.2, 0.25) is 0 Å². The molecule has 0 aliphatic carbocycles. The molecule has 7 heteroatoms. The van der Waals surface area contributed by atoms with E-state index in [4.69, 9.17) is 0 Å². The molecule has 20 heavy (non-hydrogen) atoms. The Hall–Kier alpha value is -2.31. The Morgan fingerprint density at radius 1 is 1.50 bits per heavy atom. The number of anilines is 1. The van der Waals surface area contributed by atoms with Crippen LogP contribution in [0.25, 0.3) is 0 Å². The molecule has 0 bridgehead atoms. The van der Waals surface area contributed by atoms with Gasteiger partial charge < -0.3 is 20.4 Å². The molecule has 7 nitrogen and oxygen atoms in total. The molecule has 0 atom stereocenters. The molecule has 0 unspecified atom stereocenters. The van der Waals surface area contributed by atoms with Crippen LogP contribution >= 0.6 is 0 Å². The maximum atomic E-state index is 11.7. The van der Waals surface area contributed by atoms with E-state index >= 15 is 0 Å². The van der Waals surface area contributed by atoms with Gasteiger partial charge in [0.1, 0.15) is 5.69 Å². The summed E-state index contributed by atoms with van der Waals surface area (Å²) < 4.78 is 4.61. The van der Waals surface area contributed by atoms with Gasteiger partial charge in [-0.1, -0.05) is 13.8 Å². The molecular formula is C13H18N4O3. The van der Waals surface area contributed by atoms with E-state index in [1.165, 1.54) is 19.4 Å². The third kappa shape index (κ3) is 3.17. The van der Waals surface area contributed by atoms with Crippen LogP contribution in [0, 0.1) is 5.41 Å². The van der Waals surface area contributed by atoms with Crippen LogP contribution in [0.1, 0.15) is 24.2 Å². The number of nitrogens with one attached hydrogen (secondary N) is 3. The predicted octanol–water partition coefficient (Wildman–Crippen LogP) is 0.559. The van der Waals surface area contributed by atoms with E-state index in [1.807, 2.05) is 0 Å². The molecule has 1 aliphatic heterocycles. The summed E-state index contributed by atoms with van der Waals surface area (Å²) in [5.41, 5.74) is 0.281. The summed E-state index contributed by atoms with van der Waals surface area (Å²) in [4.78, 5) is 30.0. The van der Waals surface area contributed by atoms with Gasteiger partial charge in [0, 0.05) is 24.7 Å². The Balaban J connectivity index is 2.19. The number of H-pyrrole nitrogens is 1. The lowest BCUT2D eigenvalue weighted by Crippen LogP contribution is -2.44. The van der Waals surface area contributed by atoms with E-state index in [2.05, 4.69) is 39.2 Å². The number of aliphatic imine (C=N–C) groups is 1. The highest BCUT2D eigenvalue weighted by Crippen LogP contribution is 2.17. The van der Waals surface area contributed by atoms with Crippen molar-refractivity contribution in [3.8, 4) is 0 Å². The Morgan fingerprint density at radius 3 is 2.85 bits per heavy atom. The average molecular weight is 278 g/mol. The minimum Gasteiger partial charge on any atom is -0.465 e. The Bertz CT molecular complexity index is 604. The number of nitrogens with zero attached hydrogens (tertiary/aromatic N) is 1. The van der Waals surface area contributed by atoms with Crippen molar-refractivity contribution in [1.29, 1.82) is 0 Å². The van der Waals surface area contributed by atoms with Crippen molar-refractivity contribution in [1.82, 2.24) is 10.3 Å². The van der Waals surface area contributed by atoms with E-state index in [0.717, 1.165) is 6.54 Å². The molecule has 1 aromatic heterocycles. The summed E-state index contributed by atoms with van der Waals surface area (Å²) in [6.07, 6.45) is 1.32. The first-order valence-electron chi connectivity index (χ1n) is 6.28. The first-order chi connectivity index (χ1) is 9.41. The van der Waals surface area contributed by atoms with Crippen LogP contribution < -0.4 is 16.2 Å². The summed E-state index contributed by atoms with van der Waals surface area (Å²) >= 11 is 0. The molecule has 0 saturated carbocycles. The molecule has 0 radical (unpaired) electrons. The van der Waals surface area contributed by atoms with E-state index in [1.54, 1.807) is 0 Å². The highest BCUT2D eigenvalue weighted by Gasteiger charge is 2.22. The zero-order valence-electron chi connectivity index (χ0n) is 11.7. The number of ether oxygens (including phenoxy) is 1. The molecule has 1 aromatic rings. The van der Waals surface area contributed by atoms with Crippen LogP contribution in [0.3, 0.4) is 0 Å². The molecule has 0 spiro atoms. The van der Waals surface area contributed by atoms with E-state index in [0.29, 0.717) is 12.5 Å². The SMILES string of the molecule is COC(=O)c1c[nH]c(=O)c(NC2=NCC(C)(C)CN2)c1. The van der Waals surface area contributed by atoms with Gasteiger partial charge in [0.25, 0.3) is 5.56 Å². The summed E-state index contributed by atoms with van der Waals surface area (Å²) in [6, 6.07) is 1.44. The van der Waals surface area contributed by atoms with Crippen LogP contribution in [0.4, 0.5) is 5.69 Å². The standard InChI is InChI=1S/C13H18N4O3/c1-13(2)6-15-12(16-7-13)17-9-4-8(11(19)20-3)5-14-10(9)18/h4-5H,6-7H2,1-3H3,(H,14,18)(H2,15,16,17). The van der Waals surface area contributed by atoms with E-state index in [-0.39, 0.29) is 22.2 Å². The van der Waals surface area contributed by atoms with Crippen molar-refractivity contribution < 1.29 is 9.53 Å². The number of esters is 1. The van der Waals surface area contributed by atoms with Crippen molar-refractivity contribution in [3.63, 3.8) is 0 Å². The fourth-order valence-corrected chi connectivity index (χ4v) is 1.75. The molecule has 3 N–H and O–H groups in total. The Kier molecular flexibility index (Phi) is 3.78. The molecule has 108 valence electrons. The first-order valence-corrected chi connectivity index (χ1v) is 6.28. The molecule has 0 saturated heterocycles. The van der Waals surface area contributed by atoms with Crippen LogP contribution in [0.2, 0.25) is 0 Å². The molecule has 2 rings (SSSR count). The maximum absolute atomic E-state index is 11.7. The molecule has 0 fully saturated rings. The summed E-state index contributed by atoms with van der Waals surface area (Å²) in [7, 11) is 1.29. The fraction of sp³-hybridized carbons (Fsp3) is 0.462. The summed E-state index contributed by atoms with van der Waals surface area (Å²) in [6.45, 7) is 5.63. The number of methoxy groups -OCH3 is 1. The van der Waals surface area contributed by atoms with Gasteiger partial charge in [0.15, 0.2) is 5.96 Å². The predicted molar refractivity (Wildman–Crippen MR) is 76.1 cm³/mol. The second-order valence-electron chi connectivity index (χ2n) is 5.43. The van der Waals surface area contributed by atoms with E-state index in [9.17, 15) is 9.59 Å². The van der Waals surface area contributed by atoms with Crippen molar-refractivity contribution >= 4 is 17.6 Å². The highest BCUT2D eigenvalue weighted by molar-refractivity contribution is 5.96.